The van der Waals surface area contributed by atoms with Crippen LogP contribution in [0.3, 0.4) is 0 Å². The van der Waals surface area contributed by atoms with Crippen molar-refractivity contribution in [1.82, 2.24) is 9.21 Å². The lowest BCUT2D eigenvalue weighted by molar-refractivity contribution is 0.174. The second-order valence-electron chi connectivity index (χ2n) is 5.25. The van der Waals surface area contributed by atoms with Crippen LogP contribution in [0.1, 0.15) is 12.0 Å². The van der Waals surface area contributed by atoms with E-state index in [4.69, 9.17) is 9.88 Å². The maximum absolute atomic E-state index is 11.2. The molecule has 1 aliphatic rings. The summed E-state index contributed by atoms with van der Waals surface area (Å²) in [5.41, 5.74) is 1.14. The van der Waals surface area contributed by atoms with Gasteiger partial charge in [-0.05, 0) is 25.0 Å². The molecule has 0 bridgehead atoms. The van der Waals surface area contributed by atoms with Crippen molar-refractivity contribution in [3.05, 3.63) is 29.8 Å². The minimum Gasteiger partial charge on any atom is -0.493 e. The van der Waals surface area contributed by atoms with Crippen molar-refractivity contribution in [2.24, 2.45) is 5.14 Å². The topological polar surface area (TPSA) is 75.9 Å². The number of piperazine rings is 1. The fourth-order valence-corrected chi connectivity index (χ4v) is 3.07. The summed E-state index contributed by atoms with van der Waals surface area (Å²) in [6.07, 6.45) is 0.920. The van der Waals surface area contributed by atoms with Crippen LogP contribution >= 0.6 is 0 Å². The highest BCUT2D eigenvalue weighted by Gasteiger charge is 2.23. The van der Waals surface area contributed by atoms with Crippen LogP contribution < -0.4 is 9.88 Å². The summed E-state index contributed by atoms with van der Waals surface area (Å²) in [4.78, 5) is 2.24. The fourth-order valence-electron chi connectivity index (χ4n) is 2.40. The van der Waals surface area contributed by atoms with E-state index in [-0.39, 0.29) is 0 Å². The lowest BCUT2D eigenvalue weighted by atomic mass is 10.2. The average Bonchev–Trinajstić information content (AvgIpc) is 2.45. The molecule has 0 aromatic heterocycles. The fraction of sp³-hybridized carbons (Fsp3) is 0.571. The average molecular weight is 313 g/mol. The van der Waals surface area contributed by atoms with Gasteiger partial charge in [-0.3, -0.25) is 0 Å². The Morgan fingerprint density at radius 3 is 2.48 bits per heavy atom. The Bertz CT molecular complexity index is 554. The summed E-state index contributed by atoms with van der Waals surface area (Å²) < 4.78 is 29.5. The van der Waals surface area contributed by atoms with Gasteiger partial charge < -0.3 is 9.64 Å². The predicted octanol–water partition coefficient (Wildman–Crippen LogP) is 0.585. The molecule has 0 aliphatic carbocycles. The first-order chi connectivity index (χ1) is 9.97. The summed E-state index contributed by atoms with van der Waals surface area (Å²) in [7, 11) is -3.53. The molecule has 21 heavy (non-hydrogen) atoms. The Balaban J connectivity index is 1.66. The quantitative estimate of drug-likeness (QED) is 0.780. The summed E-state index contributed by atoms with van der Waals surface area (Å²) in [5, 5.41) is 5.12. The lowest BCUT2D eigenvalue weighted by Crippen LogP contribution is -2.50. The Morgan fingerprint density at radius 2 is 1.86 bits per heavy atom. The van der Waals surface area contributed by atoms with Gasteiger partial charge in [0, 0.05) is 32.7 Å². The van der Waals surface area contributed by atoms with Gasteiger partial charge in [-0.1, -0.05) is 18.2 Å². The molecule has 2 N–H and O–H groups in total. The third-order valence-electron chi connectivity index (χ3n) is 3.66. The minimum atomic E-state index is -3.53. The summed E-state index contributed by atoms with van der Waals surface area (Å²) in [5.74, 6) is 0.927. The number of ether oxygens (including phenoxy) is 1. The minimum absolute atomic E-state index is 0.470. The molecule has 1 saturated heterocycles. The van der Waals surface area contributed by atoms with E-state index in [0.717, 1.165) is 37.4 Å². The van der Waals surface area contributed by atoms with Crippen LogP contribution in [0.4, 0.5) is 0 Å². The lowest BCUT2D eigenvalue weighted by Gasteiger charge is -2.32. The zero-order valence-electron chi connectivity index (χ0n) is 12.4. The number of nitrogens with zero attached hydrogens (tertiary/aromatic N) is 2. The van der Waals surface area contributed by atoms with Gasteiger partial charge in [0.2, 0.25) is 0 Å². The normalized spacial score (nSPS) is 17.8. The van der Waals surface area contributed by atoms with E-state index in [1.54, 1.807) is 0 Å². The largest absolute Gasteiger partial charge is 0.493 e. The molecule has 6 nitrogen and oxygen atoms in total. The summed E-state index contributed by atoms with van der Waals surface area (Å²) >= 11 is 0. The second-order valence-corrected chi connectivity index (χ2v) is 6.80. The molecule has 2 rings (SSSR count). The Labute approximate surface area is 126 Å². The van der Waals surface area contributed by atoms with Crippen LogP contribution in [0.25, 0.3) is 0 Å². The third kappa shape index (κ3) is 4.96. The van der Waals surface area contributed by atoms with E-state index in [2.05, 4.69) is 4.90 Å². The van der Waals surface area contributed by atoms with Crippen molar-refractivity contribution in [2.45, 2.75) is 13.3 Å². The number of aryl methyl sites for hydroxylation is 1. The van der Waals surface area contributed by atoms with E-state index in [0.29, 0.717) is 19.7 Å². The van der Waals surface area contributed by atoms with Crippen LogP contribution in [0.15, 0.2) is 24.3 Å². The first kappa shape index (κ1) is 16.2. The van der Waals surface area contributed by atoms with Crippen LogP contribution in [0.5, 0.6) is 5.75 Å². The van der Waals surface area contributed by atoms with Gasteiger partial charge in [0.25, 0.3) is 10.2 Å². The molecule has 0 amide bonds. The van der Waals surface area contributed by atoms with Crippen molar-refractivity contribution in [3.63, 3.8) is 0 Å². The maximum Gasteiger partial charge on any atom is 0.276 e. The molecule has 1 aromatic rings. The molecule has 0 spiro atoms. The van der Waals surface area contributed by atoms with Gasteiger partial charge in [0.05, 0.1) is 6.61 Å². The molecule has 118 valence electrons. The van der Waals surface area contributed by atoms with Crippen LogP contribution in [-0.2, 0) is 10.2 Å². The number of hydrogen-bond donors (Lipinski definition) is 1. The maximum atomic E-state index is 11.2. The van der Waals surface area contributed by atoms with Crippen molar-refractivity contribution in [3.8, 4) is 5.75 Å². The predicted molar refractivity (Wildman–Crippen MR) is 82.4 cm³/mol. The number of para-hydroxylation sites is 1. The molecule has 1 heterocycles. The Morgan fingerprint density at radius 1 is 1.19 bits per heavy atom. The molecular formula is C14H23N3O3S. The van der Waals surface area contributed by atoms with Gasteiger partial charge in [-0.2, -0.15) is 12.7 Å². The van der Waals surface area contributed by atoms with Crippen molar-refractivity contribution < 1.29 is 13.2 Å². The molecule has 7 heteroatoms. The van der Waals surface area contributed by atoms with Gasteiger partial charge in [0.1, 0.15) is 5.75 Å². The smallest absolute Gasteiger partial charge is 0.276 e. The van der Waals surface area contributed by atoms with Crippen molar-refractivity contribution in [2.75, 3.05) is 39.3 Å². The third-order valence-corrected chi connectivity index (χ3v) is 4.75. The second kappa shape index (κ2) is 7.22. The van der Waals surface area contributed by atoms with E-state index in [1.807, 2.05) is 31.2 Å². The van der Waals surface area contributed by atoms with Crippen LogP contribution in [0, 0.1) is 6.92 Å². The van der Waals surface area contributed by atoms with E-state index >= 15 is 0 Å². The van der Waals surface area contributed by atoms with Crippen molar-refractivity contribution >= 4 is 10.2 Å². The Kier molecular flexibility index (Phi) is 5.58. The van der Waals surface area contributed by atoms with E-state index < -0.39 is 10.2 Å². The first-order valence-corrected chi connectivity index (χ1v) is 8.66. The number of nitrogens with two attached hydrogens (primary N) is 1. The van der Waals surface area contributed by atoms with Gasteiger partial charge in [0.15, 0.2) is 0 Å². The monoisotopic (exact) mass is 313 g/mol. The molecule has 1 fully saturated rings. The molecule has 0 radical (unpaired) electrons. The molecule has 0 atom stereocenters. The standard InChI is InChI=1S/C14H23N3O3S/c1-13-5-2-3-6-14(13)20-12-4-7-16-8-10-17(11-9-16)21(15,18)19/h2-3,5-6H,4,7-12H2,1H3,(H2,15,18,19). The SMILES string of the molecule is Cc1ccccc1OCCCN1CCN(S(N)(=O)=O)CC1. The summed E-state index contributed by atoms with van der Waals surface area (Å²) in [6.45, 7) is 5.99. The van der Waals surface area contributed by atoms with Gasteiger partial charge >= 0.3 is 0 Å². The van der Waals surface area contributed by atoms with E-state index in [9.17, 15) is 8.42 Å². The molecular weight excluding hydrogens is 290 g/mol. The van der Waals surface area contributed by atoms with Crippen molar-refractivity contribution in [1.29, 1.82) is 0 Å². The first-order valence-electron chi connectivity index (χ1n) is 7.15. The van der Waals surface area contributed by atoms with Gasteiger partial charge in [-0.25, -0.2) is 5.14 Å². The van der Waals surface area contributed by atoms with E-state index in [1.165, 1.54) is 4.31 Å². The zero-order valence-corrected chi connectivity index (χ0v) is 13.2. The summed E-state index contributed by atoms with van der Waals surface area (Å²) in [6, 6.07) is 7.96. The van der Waals surface area contributed by atoms with Gasteiger partial charge in [-0.15, -0.1) is 0 Å². The molecule has 1 aromatic carbocycles. The molecule has 0 saturated carbocycles. The van der Waals surface area contributed by atoms with Crippen LogP contribution in [-0.4, -0.2) is 57.0 Å². The number of rotatable bonds is 6. The highest BCUT2D eigenvalue weighted by atomic mass is 32.2. The number of benzene rings is 1. The highest BCUT2D eigenvalue weighted by molar-refractivity contribution is 7.86. The molecule has 1 aliphatic heterocycles. The number of hydrogen-bond acceptors (Lipinski definition) is 4. The zero-order chi connectivity index (χ0) is 15.3. The molecule has 0 unspecified atom stereocenters. The highest BCUT2D eigenvalue weighted by Crippen LogP contribution is 2.16. The Hall–Kier alpha value is -1.15. The van der Waals surface area contributed by atoms with Crippen LogP contribution in [0.2, 0.25) is 0 Å².